The topological polar surface area (TPSA) is 97.0 Å². The largest absolute Gasteiger partial charge is 0.504 e. The van der Waals surface area contributed by atoms with Crippen molar-refractivity contribution >= 4 is 16.8 Å². The molecule has 0 aliphatic carbocycles. The average Bonchev–Trinajstić information content (AvgIpc) is 2.55. The zero-order valence-electron chi connectivity index (χ0n) is 13.0. The highest BCUT2D eigenvalue weighted by atomic mass is 16.5. The van der Waals surface area contributed by atoms with Crippen molar-refractivity contribution in [3.8, 4) is 28.4 Å². The number of Topliss-reactive ketones (excluding diaryl/α,β-unsaturated/α-hetero) is 1. The van der Waals surface area contributed by atoms with E-state index in [0.29, 0.717) is 11.1 Å². The first-order valence-electron chi connectivity index (χ1n) is 7.10. The third kappa shape index (κ3) is 2.38. The smallest absolute Gasteiger partial charge is 0.204 e. The quantitative estimate of drug-likeness (QED) is 0.718. The highest BCUT2D eigenvalue weighted by molar-refractivity contribution is 5.95. The van der Waals surface area contributed by atoms with Crippen LogP contribution in [0.3, 0.4) is 0 Å². The third-order valence-corrected chi connectivity index (χ3v) is 3.78. The summed E-state index contributed by atoms with van der Waals surface area (Å²) < 4.78 is 10.3. The Morgan fingerprint density at radius 2 is 1.83 bits per heavy atom. The van der Waals surface area contributed by atoms with Gasteiger partial charge in [-0.1, -0.05) is 24.3 Å². The predicted octanol–water partition coefficient (Wildman–Crippen LogP) is 3.08. The molecule has 0 saturated heterocycles. The van der Waals surface area contributed by atoms with Gasteiger partial charge >= 0.3 is 0 Å². The van der Waals surface area contributed by atoms with Crippen LogP contribution in [0, 0.1) is 0 Å². The van der Waals surface area contributed by atoms with E-state index >= 15 is 0 Å². The van der Waals surface area contributed by atoms with Crippen LogP contribution in [0.4, 0.5) is 0 Å². The standard InChI is InChI=1S/C18H14O6/c1-9(19)10-3-5-11(6-4-10)12-8-24-14-7-13(20)18(23-2)17(22)15(14)16(12)21/h3-8,20,22H,1-2H3. The maximum absolute atomic E-state index is 12.7. The molecule has 24 heavy (non-hydrogen) atoms. The molecule has 0 bridgehead atoms. The highest BCUT2D eigenvalue weighted by Crippen LogP contribution is 2.41. The summed E-state index contributed by atoms with van der Waals surface area (Å²) in [5.41, 5.74) is 0.864. The summed E-state index contributed by atoms with van der Waals surface area (Å²) in [4.78, 5) is 24.1. The van der Waals surface area contributed by atoms with Gasteiger partial charge in [-0.05, 0) is 12.5 Å². The van der Waals surface area contributed by atoms with Crippen molar-refractivity contribution in [3.05, 3.63) is 52.4 Å². The van der Waals surface area contributed by atoms with Crippen LogP contribution in [0.5, 0.6) is 17.2 Å². The number of aromatic hydroxyl groups is 2. The molecule has 6 nitrogen and oxygen atoms in total. The maximum atomic E-state index is 12.7. The van der Waals surface area contributed by atoms with Crippen LogP contribution >= 0.6 is 0 Å². The lowest BCUT2D eigenvalue weighted by Crippen LogP contribution is -2.06. The molecule has 0 fully saturated rings. The number of rotatable bonds is 3. The van der Waals surface area contributed by atoms with Crippen LogP contribution in [0.2, 0.25) is 0 Å². The van der Waals surface area contributed by atoms with E-state index in [9.17, 15) is 19.8 Å². The highest BCUT2D eigenvalue weighted by Gasteiger charge is 2.19. The summed E-state index contributed by atoms with van der Waals surface area (Å²) in [6.45, 7) is 1.45. The van der Waals surface area contributed by atoms with Crippen LogP contribution in [0.15, 0.2) is 45.8 Å². The molecule has 0 unspecified atom stereocenters. The molecular formula is C18H14O6. The summed E-state index contributed by atoms with van der Waals surface area (Å²) in [6.07, 6.45) is 1.25. The minimum absolute atomic E-state index is 0.0416. The fourth-order valence-corrected chi connectivity index (χ4v) is 2.52. The van der Waals surface area contributed by atoms with Gasteiger partial charge in [0.1, 0.15) is 17.2 Å². The lowest BCUT2D eigenvalue weighted by Gasteiger charge is -2.09. The number of hydrogen-bond donors (Lipinski definition) is 2. The number of benzene rings is 2. The molecule has 0 amide bonds. The molecule has 0 radical (unpaired) electrons. The summed E-state index contributed by atoms with van der Waals surface area (Å²) >= 11 is 0. The Morgan fingerprint density at radius 3 is 2.42 bits per heavy atom. The van der Waals surface area contributed by atoms with Crippen molar-refractivity contribution in [1.82, 2.24) is 0 Å². The Hall–Kier alpha value is -3.28. The van der Waals surface area contributed by atoms with Crippen molar-refractivity contribution in [1.29, 1.82) is 0 Å². The van der Waals surface area contributed by atoms with E-state index in [4.69, 9.17) is 9.15 Å². The van der Waals surface area contributed by atoms with E-state index in [1.54, 1.807) is 24.3 Å². The third-order valence-electron chi connectivity index (χ3n) is 3.78. The van der Waals surface area contributed by atoms with Crippen LogP contribution in [-0.4, -0.2) is 23.1 Å². The number of carbonyl (C=O) groups excluding carboxylic acids is 1. The van der Waals surface area contributed by atoms with E-state index in [1.165, 1.54) is 26.4 Å². The summed E-state index contributed by atoms with van der Waals surface area (Å²) in [7, 11) is 1.27. The van der Waals surface area contributed by atoms with E-state index in [2.05, 4.69) is 0 Å². The Bertz CT molecular complexity index is 999. The number of ether oxygens (including phenoxy) is 1. The Morgan fingerprint density at radius 1 is 1.17 bits per heavy atom. The second-order valence-corrected chi connectivity index (χ2v) is 5.26. The van der Waals surface area contributed by atoms with E-state index in [0.717, 1.165) is 0 Å². The van der Waals surface area contributed by atoms with Crippen LogP contribution in [0.1, 0.15) is 17.3 Å². The van der Waals surface area contributed by atoms with Gasteiger partial charge in [0.15, 0.2) is 17.3 Å². The number of fused-ring (bicyclic) bond motifs is 1. The van der Waals surface area contributed by atoms with Crippen LogP contribution in [0.25, 0.3) is 22.1 Å². The van der Waals surface area contributed by atoms with Gasteiger partial charge in [-0.3, -0.25) is 9.59 Å². The molecule has 0 aliphatic rings. The van der Waals surface area contributed by atoms with Gasteiger partial charge in [0.05, 0.1) is 12.7 Å². The zero-order chi connectivity index (χ0) is 17.4. The van der Waals surface area contributed by atoms with Gasteiger partial charge in [0.2, 0.25) is 11.2 Å². The number of hydrogen-bond acceptors (Lipinski definition) is 6. The molecule has 2 aromatic carbocycles. The van der Waals surface area contributed by atoms with Gasteiger partial charge in [-0.2, -0.15) is 0 Å². The maximum Gasteiger partial charge on any atom is 0.204 e. The zero-order valence-corrected chi connectivity index (χ0v) is 13.0. The molecule has 122 valence electrons. The molecule has 1 heterocycles. The molecule has 2 N–H and O–H groups in total. The summed E-state index contributed by atoms with van der Waals surface area (Å²) in [5.74, 6) is -1.09. The summed E-state index contributed by atoms with van der Waals surface area (Å²) in [6, 6.07) is 7.68. The molecule has 1 aromatic heterocycles. The van der Waals surface area contributed by atoms with Gasteiger partial charge in [-0.15, -0.1) is 0 Å². The monoisotopic (exact) mass is 326 g/mol. The van der Waals surface area contributed by atoms with Gasteiger partial charge in [-0.25, -0.2) is 0 Å². The van der Waals surface area contributed by atoms with Crippen molar-refractivity contribution in [2.24, 2.45) is 0 Å². The molecule has 0 spiro atoms. The van der Waals surface area contributed by atoms with E-state index in [-0.39, 0.29) is 33.8 Å². The van der Waals surface area contributed by atoms with Crippen molar-refractivity contribution in [2.45, 2.75) is 6.92 Å². The fourth-order valence-electron chi connectivity index (χ4n) is 2.52. The predicted molar refractivity (Wildman–Crippen MR) is 87.8 cm³/mol. The normalized spacial score (nSPS) is 10.8. The van der Waals surface area contributed by atoms with Crippen molar-refractivity contribution in [3.63, 3.8) is 0 Å². The molecule has 3 aromatic rings. The lowest BCUT2D eigenvalue weighted by molar-refractivity contribution is 0.101. The Kier molecular flexibility index (Phi) is 3.73. The first kappa shape index (κ1) is 15.6. The first-order chi connectivity index (χ1) is 11.4. The van der Waals surface area contributed by atoms with Gasteiger partial charge in [0.25, 0.3) is 0 Å². The number of methoxy groups -OCH3 is 1. The SMILES string of the molecule is COc1c(O)cc2occ(-c3ccc(C(C)=O)cc3)c(=O)c2c1O. The minimum Gasteiger partial charge on any atom is -0.504 e. The fraction of sp³-hybridized carbons (Fsp3) is 0.111. The number of carbonyl (C=O) groups is 1. The Labute approximate surface area is 136 Å². The summed E-state index contributed by atoms with van der Waals surface area (Å²) in [5, 5.41) is 19.9. The molecule has 3 rings (SSSR count). The molecule has 0 aliphatic heterocycles. The van der Waals surface area contributed by atoms with Crippen molar-refractivity contribution < 1.29 is 24.2 Å². The molecule has 6 heteroatoms. The molecule has 0 atom stereocenters. The minimum atomic E-state index is -0.483. The number of ketones is 1. The van der Waals surface area contributed by atoms with Crippen LogP contribution in [-0.2, 0) is 0 Å². The van der Waals surface area contributed by atoms with Gasteiger partial charge < -0.3 is 19.4 Å². The molecular weight excluding hydrogens is 312 g/mol. The van der Waals surface area contributed by atoms with E-state index < -0.39 is 11.2 Å². The molecule has 0 saturated carbocycles. The lowest BCUT2D eigenvalue weighted by atomic mass is 10.0. The second-order valence-electron chi connectivity index (χ2n) is 5.26. The second kappa shape index (κ2) is 5.73. The van der Waals surface area contributed by atoms with E-state index in [1.807, 2.05) is 0 Å². The Balaban J connectivity index is 2.25. The van der Waals surface area contributed by atoms with Crippen molar-refractivity contribution in [2.75, 3.05) is 7.11 Å². The average molecular weight is 326 g/mol. The number of phenols is 2. The number of phenolic OH excluding ortho intramolecular Hbond substituents is 2. The van der Waals surface area contributed by atoms with Gasteiger partial charge in [0, 0.05) is 11.6 Å². The van der Waals surface area contributed by atoms with Crippen LogP contribution < -0.4 is 10.2 Å². The first-order valence-corrected chi connectivity index (χ1v) is 7.10.